The van der Waals surface area contributed by atoms with Crippen LogP contribution in [0.5, 0.6) is 28.7 Å². The lowest BCUT2D eigenvalue weighted by Crippen LogP contribution is -2.42. The quantitative estimate of drug-likeness (QED) is 0.516. The molecular weight excluding hydrogens is 522 g/mol. The van der Waals surface area contributed by atoms with Gasteiger partial charge in [-0.15, -0.1) is 0 Å². The molecule has 3 aromatic carbocycles. The molecule has 0 unspecified atom stereocenters. The van der Waals surface area contributed by atoms with Gasteiger partial charge < -0.3 is 33.7 Å². The number of nitrogens with one attached hydrogen (secondary N) is 1. The highest BCUT2D eigenvalue weighted by atomic mass is 79.9. The Labute approximate surface area is 208 Å². The monoisotopic (exact) mass is 539 g/mol. The average molecular weight is 540 g/mol. The average Bonchev–Trinajstić information content (AvgIpc) is 3.53. The number of ketones is 1. The van der Waals surface area contributed by atoms with E-state index in [4.69, 9.17) is 28.4 Å². The second kappa shape index (κ2) is 8.70. The third-order valence-corrected chi connectivity index (χ3v) is 6.32. The second-order valence-corrected chi connectivity index (χ2v) is 8.94. The minimum atomic E-state index is -1.21. The van der Waals surface area contributed by atoms with Crippen LogP contribution >= 0.6 is 15.9 Å². The Balaban J connectivity index is 1.24. The van der Waals surface area contributed by atoms with Crippen LogP contribution in [0.4, 0.5) is 4.79 Å². The molecule has 6 rings (SSSR count). The van der Waals surface area contributed by atoms with Gasteiger partial charge in [-0.1, -0.05) is 28.1 Å². The maximum atomic E-state index is 13.4. The summed E-state index contributed by atoms with van der Waals surface area (Å²) in [5.41, 5.74) is 1.73. The van der Waals surface area contributed by atoms with Crippen LogP contribution in [0.3, 0.4) is 0 Å². The summed E-state index contributed by atoms with van der Waals surface area (Å²) in [6.07, 6.45) is -2.84. The minimum absolute atomic E-state index is 0.113. The standard InChI is InChI=1S/C25H18BrNO8/c26-15-3-6-17-16(9-15)22(28)24(23(34-17)14-2-5-19-21(8-14)33-12-31-19)35-25(29)27-10-13-1-4-18-20(7-13)32-11-30-18/h1-9,23-24H,10-12H2,(H,27,29)/t23-,24+/m0/s1. The summed E-state index contributed by atoms with van der Waals surface area (Å²) in [4.78, 5) is 26.2. The number of carbonyl (C=O) groups excluding carboxylic acids is 2. The zero-order valence-corrected chi connectivity index (χ0v) is 19.7. The summed E-state index contributed by atoms with van der Waals surface area (Å²) in [7, 11) is 0. The molecule has 0 saturated carbocycles. The van der Waals surface area contributed by atoms with E-state index in [0.717, 1.165) is 5.56 Å². The largest absolute Gasteiger partial charge is 0.481 e. The van der Waals surface area contributed by atoms with Crippen molar-refractivity contribution < 1.29 is 38.0 Å². The van der Waals surface area contributed by atoms with Crippen LogP contribution in [0.15, 0.2) is 59.1 Å². The molecule has 1 amide bonds. The van der Waals surface area contributed by atoms with Crippen LogP contribution in [-0.4, -0.2) is 31.6 Å². The van der Waals surface area contributed by atoms with Gasteiger partial charge in [0.2, 0.25) is 25.5 Å². The number of rotatable bonds is 4. The first-order valence-electron chi connectivity index (χ1n) is 10.8. The molecular formula is C25H18BrNO8. The highest BCUT2D eigenvalue weighted by Gasteiger charge is 2.42. The number of alkyl carbamates (subject to hydrolysis) is 1. The van der Waals surface area contributed by atoms with E-state index in [9.17, 15) is 9.59 Å². The number of carbonyl (C=O) groups is 2. The van der Waals surface area contributed by atoms with Crippen LogP contribution in [0, 0.1) is 0 Å². The Hall–Kier alpha value is -3.92. The van der Waals surface area contributed by atoms with Gasteiger partial charge in [0.25, 0.3) is 0 Å². The maximum Gasteiger partial charge on any atom is 0.408 e. The highest BCUT2D eigenvalue weighted by Crippen LogP contribution is 2.41. The number of fused-ring (bicyclic) bond motifs is 3. The molecule has 2 atom stereocenters. The minimum Gasteiger partial charge on any atom is -0.481 e. The van der Waals surface area contributed by atoms with Gasteiger partial charge in [-0.25, -0.2) is 4.79 Å². The zero-order chi connectivity index (χ0) is 23.9. The fourth-order valence-electron chi connectivity index (χ4n) is 4.12. The summed E-state index contributed by atoms with van der Waals surface area (Å²) < 4.78 is 34.0. The SMILES string of the molecule is O=C(NCc1ccc2c(c1)OCO2)O[C@@H]1C(=O)c2cc(Br)ccc2O[C@H]1c1ccc2c(c1)OCO2. The van der Waals surface area contributed by atoms with Crippen molar-refractivity contribution in [3.05, 3.63) is 75.8 Å². The lowest BCUT2D eigenvalue weighted by molar-refractivity contribution is 0.00891. The highest BCUT2D eigenvalue weighted by molar-refractivity contribution is 9.10. The lowest BCUT2D eigenvalue weighted by Gasteiger charge is -2.32. The molecule has 0 spiro atoms. The molecule has 0 fully saturated rings. The zero-order valence-electron chi connectivity index (χ0n) is 18.1. The summed E-state index contributed by atoms with van der Waals surface area (Å²) in [6, 6.07) is 15.7. The van der Waals surface area contributed by atoms with E-state index in [-0.39, 0.29) is 25.9 Å². The van der Waals surface area contributed by atoms with Crippen LogP contribution in [0.1, 0.15) is 27.6 Å². The van der Waals surface area contributed by atoms with Crippen molar-refractivity contribution in [1.29, 1.82) is 0 Å². The molecule has 3 heterocycles. The van der Waals surface area contributed by atoms with E-state index >= 15 is 0 Å². The van der Waals surface area contributed by atoms with Gasteiger partial charge in [-0.05, 0) is 48.0 Å². The summed E-state index contributed by atoms with van der Waals surface area (Å²) in [5, 5.41) is 2.69. The number of benzene rings is 3. The van der Waals surface area contributed by atoms with Crippen LogP contribution in [0.25, 0.3) is 0 Å². The predicted molar refractivity (Wildman–Crippen MR) is 124 cm³/mol. The molecule has 1 N–H and O–H groups in total. The Kier molecular flexibility index (Phi) is 5.37. The smallest absolute Gasteiger partial charge is 0.408 e. The second-order valence-electron chi connectivity index (χ2n) is 8.02. The Morgan fingerprint density at radius 1 is 0.886 bits per heavy atom. The summed E-state index contributed by atoms with van der Waals surface area (Å²) >= 11 is 3.38. The van der Waals surface area contributed by atoms with E-state index in [0.29, 0.717) is 44.3 Å². The van der Waals surface area contributed by atoms with Gasteiger partial charge in [-0.2, -0.15) is 0 Å². The molecule has 3 aliphatic heterocycles. The first kappa shape index (κ1) is 21.6. The molecule has 0 aromatic heterocycles. The van der Waals surface area contributed by atoms with E-state index < -0.39 is 18.3 Å². The number of halogens is 1. The topological polar surface area (TPSA) is 102 Å². The van der Waals surface area contributed by atoms with E-state index in [1.807, 2.05) is 6.07 Å². The third-order valence-electron chi connectivity index (χ3n) is 5.83. The summed E-state index contributed by atoms with van der Waals surface area (Å²) in [6.45, 7) is 0.452. The van der Waals surface area contributed by atoms with E-state index in [1.54, 1.807) is 48.5 Å². The first-order valence-corrected chi connectivity index (χ1v) is 11.6. The van der Waals surface area contributed by atoms with Gasteiger partial charge >= 0.3 is 6.09 Å². The first-order chi connectivity index (χ1) is 17.0. The number of ether oxygens (including phenoxy) is 6. The van der Waals surface area contributed by atoms with Gasteiger partial charge in [0.15, 0.2) is 29.1 Å². The molecule has 3 aliphatic rings. The van der Waals surface area contributed by atoms with Crippen molar-refractivity contribution >= 4 is 27.8 Å². The van der Waals surface area contributed by atoms with Crippen molar-refractivity contribution in [1.82, 2.24) is 5.32 Å². The van der Waals surface area contributed by atoms with Crippen molar-refractivity contribution in [2.24, 2.45) is 0 Å². The molecule has 10 heteroatoms. The number of hydrogen-bond donors (Lipinski definition) is 1. The molecule has 0 aliphatic carbocycles. The van der Waals surface area contributed by atoms with Crippen molar-refractivity contribution in [2.75, 3.05) is 13.6 Å². The van der Waals surface area contributed by atoms with Crippen LogP contribution in [-0.2, 0) is 11.3 Å². The van der Waals surface area contributed by atoms with Gasteiger partial charge in [0.05, 0.1) is 5.56 Å². The number of Topliss-reactive ketones (excluding diaryl/α,β-unsaturated/α-hetero) is 1. The van der Waals surface area contributed by atoms with Crippen molar-refractivity contribution in [3.63, 3.8) is 0 Å². The third kappa shape index (κ3) is 4.10. The molecule has 3 aromatic rings. The van der Waals surface area contributed by atoms with Crippen LogP contribution in [0.2, 0.25) is 0 Å². The maximum absolute atomic E-state index is 13.4. The molecule has 0 radical (unpaired) electrons. The Morgan fingerprint density at radius 2 is 1.57 bits per heavy atom. The fourth-order valence-corrected chi connectivity index (χ4v) is 4.48. The van der Waals surface area contributed by atoms with Gasteiger partial charge in [0.1, 0.15) is 5.75 Å². The number of amides is 1. The van der Waals surface area contributed by atoms with E-state index in [1.165, 1.54) is 0 Å². The normalized spacial score (nSPS) is 19.1. The molecule has 9 nitrogen and oxygen atoms in total. The number of hydrogen-bond acceptors (Lipinski definition) is 8. The molecule has 178 valence electrons. The Morgan fingerprint density at radius 3 is 2.37 bits per heavy atom. The fraction of sp³-hybridized carbons (Fsp3) is 0.200. The van der Waals surface area contributed by atoms with Gasteiger partial charge in [-0.3, -0.25) is 4.79 Å². The predicted octanol–water partition coefficient (Wildman–Crippen LogP) is 4.52. The molecule has 0 saturated heterocycles. The van der Waals surface area contributed by atoms with Crippen molar-refractivity contribution in [3.8, 4) is 28.7 Å². The summed E-state index contributed by atoms with van der Waals surface area (Å²) in [5.74, 6) is 2.43. The molecule has 0 bridgehead atoms. The van der Waals surface area contributed by atoms with Crippen LogP contribution < -0.4 is 29.0 Å². The molecule has 35 heavy (non-hydrogen) atoms. The lowest BCUT2D eigenvalue weighted by atomic mass is 9.93. The Bertz CT molecular complexity index is 1340. The van der Waals surface area contributed by atoms with Crippen molar-refractivity contribution in [2.45, 2.75) is 18.8 Å². The van der Waals surface area contributed by atoms with Gasteiger partial charge in [0, 0.05) is 16.6 Å². The van der Waals surface area contributed by atoms with E-state index in [2.05, 4.69) is 21.2 Å².